The van der Waals surface area contributed by atoms with Crippen molar-refractivity contribution in [3.63, 3.8) is 0 Å². The lowest BCUT2D eigenvalue weighted by molar-refractivity contribution is -0.0103. The Balaban J connectivity index is 1.28. The van der Waals surface area contributed by atoms with E-state index in [1.807, 2.05) is 30.2 Å². The fourth-order valence-corrected chi connectivity index (χ4v) is 7.14. The van der Waals surface area contributed by atoms with Crippen LogP contribution in [-0.4, -0.2) is 78.8 Å². The van der Waals surface area contributed by atoms with E-state index in [0.717, 1.165) is 15.8 Å². The van der Waals surface area contributed by atoms with E-state index in [1.165, 1.54) is 15.6 Å². The fourth-order valence-electron chi connectivity index (χ4n) is 3.89. The summed E-state index contributed by atoms with van der Waals surface area (Å²) < 4.78 is 34.6. The van der Waals surface area contributed by atoms with Crippen LogP contribution in [0.5, 0.6) is 0 Å². The maximum absolute atomic E-state index is 13.1. The van der Waals surface area contributed by atoms with Crippen molar-refractivity contribution in [3.05, 3.63) is 46.6 Å². The molecule has 32 heavy (non-hydrogen) atoms. The molecule has 0 aliphatic carbocycles. The molecule has 0 N–H and O–H groups in total. The molecule has 0 unspecified atom stereocenters. The van der Waals surface area contributed by atoms with Crippen molar-refractivity contribution in [3.8, 4) is 0 Å². The summed E-state index contributed by atoms with van der Waals surface area (Å²) >= 11 is 7.23. The second kappa shape index (κ2) is 8.08. The molecule has 0 atom stereocenters. The van der Waals surface area contributed by atoms with Crippen LogP contribution in [0.15, 0.2) is 32.9 Å². The predicted molar refractivity (Wildman–Crippen MR) is 121 cm³/mol. The number of thiophene rings is 1. The zero-order valence-corrected chi connectivity index (χ0v) is 20.0. The molecule has 0 radical (unpaired) electrons. The van der Waals surface area contributed by atoms with Gasteiger partial charge in [-0.05, 0) is 23.6 Å². The number of hydrogen-bond donors (Lipinski definition) is 0. The molecule has 3 aromatic rings. The molecule has 12 heteroatoms. The van der Waals surface area contributed by atoms with Gasteiger partial charge in [-0.1, -0.05) is 17.7 Å². The molecular weight excluding hydrogens is 474 g/mol. The van der Waals surface area contributed by atoms with Crippen LogP contribution in [0.25, 0.3) is 10.1 Å². The van der Waals surface area contributed by atoms with Crippen LogP contribution in [0, 0.1) is 0 Å². The zero-order valence-electron chi connectivity index (χ0n) is 17.6. The highest BCUT2D eigenvalue weighted by Gasteiger charge is 2.34. The Morgan fingerprint density at radius 1 is 1.09 bits per heavy atom. The summed E-state index contributed by atoms with van der Waals surface area (Å²) in [5, 5.41) is 5.41. The number of aromatic nitrogens is 1. The van der Waals surface area contributed by atoms with E-state index in [9.17, 15) is 13.2 Å². The molecule has 0 bridgehead atoms. The molecule has 2 aromatic heterocycles. The van der Waals surface area contributed by atoms with E-state index in [2.05, 4.69) is 4.98 Å². The minimum Gasteiger partial charge on any atom is -0.436 e. The van der Waals surface area contributed by atoms with Crippen molar-refractivity contribution in [2.45, 2.75) is 17.3 Å². The van der Waals surface area contributed by atoms with Crippen LogP contribution in [0.2, 0.25) is 5.02 Å². The number of piperazine rings is 1. The van der Waals surface area contributed by atoms with Crippen molar-refractivity contribution in [2.24, 2.45) is 0 Å². The highest BCUT2D eigenvalue weighted by atomic mass is 35.5. The molecule has 9 nitrogen and oxygen atoms in total. The summed E-state index contributed by atoms with van der Waals surface area (Å²) in [6.45, 7) is 2.13. The van der Waals surface area contributed by atoms with Gasteiger partial charge >= 0.3 is 5.91 Å². The number of sulfonamides is 1. The number of fused-ring (bicyclic) bond motifs is 2. The third kappa shape index (κ3) is 3.82. The molecular formula is C20H22ClN5O4S2. The van der Waals surface area contributed by atoms with Crippen molar-refractivity contribution in [2.75, 3.05) is 40.3 Å². The molecule has 5 rings (SSSR count). The average molecular weight is 496 g/mol. The second-order valence-corrected chi connectivity index (χ2v) is 11.6. The van der Waals surface area contributed by atoms with Crippen LogP contribution in [0.1, 0.15) is 22.1 Å². The van der Waals surface area contributed by atoms with Gasteiger partial charge in [0.1, 0.15) is 9.97 Å². The van der Waals surface area contributed by atoms with E-state index < -0.39 is 10.0 Å². The maximum atomic E-state index is 13.1. The summed E-state index contributed by atoms with van der Waals surface area (Å²) in [4.78, 5) is 18.9. The smallest absolute Gasteiger partial charge is 0.309 e. The third-order valence-electron chi connectivity index (χ3n) is 5.87. The van der Waals surface area contributed by atoms with Gasteiger partial charge in [0, 0.05) is 50.0 Å². The van der Waals surface area contributed by atoms with Crippen molar-refractivity contribution >= 4 is 49.0 Å². The van der Waals surface area contributed by atoms with E-state index in [-0.39, 0.29) is 42.2 Å². The van der Waals surface area contributed by atoms with Gasteiger partial charge in [-0.15, -0.1) is 11.3 Å². The number of nitrogens with zero attached hydrogens (tertiary/aromatic N) is 5. The topological polar surface area (TPSA) is 90.2 Å². The van der Waals surface area contributed by atoms with Crippen molar-refractivity contribution in [1.82, 2.24) is 24.2 Å². The minimum absolute atomic E-state index is 0.0661. The Bertz CT molecular complexity index is 1270. The van der Waals surface area contributed by atoms with Gasteiger partial charge in [0.15, 0.2) is 0 Å². The lowest BCUT2D eigenvalue weighted by Gasteiger charge is -2.32. The highest BCUT2D eigenvalue weighted by Crippen LogP contribution is 2.33. The van der Waals surface area contributed by atoms with Gasteiger partial charge < -0.3 is 9.32 Å². The first-order valence-electron chi connectivity index (χ1n) is 10.1. The van der Waals surface area contributed by atoms with Crippen molar-refractivity contribution in [1.29, 1.82) is 0 Å². The molecule has 1 saturated heterocycles. The van der Waals surface area contributed by atoms with E-state index in [0.29, 0.717) is 23.9 Å². The van der Waals surface area contributed by atoms with Crippen LogP contribution in [0.3, 0.4) is 0 Å². The Morgan fingerprint density at radius 3 is 2.56 bits per heavy atom. The predicted octanol–water partition coefficient (Wildman–Crippen LogP) is 2.48. The number of hydrazine groups is 1. The summed E-state index contributed by atoms with van der Waals surface area (Å²) in [7, 11) is 0.246. The van der Waals surface area contributed by atoms with E-state index in [4.69, 9.17) is 16.0 Å². The summed E-state index contributed by atoms with van der Waals surface area (Å²) in [5.74, 6) is 0.453. The summed E-state index contributed by atoms with van der Waals surface area (Å²) in [6, 6.07) is 7.00. The first kappa shape index (κ1) is 21.8. The van der Waals surface area contributed by atoms with E-state index in [1.54, 1.807) is 23.1 Å². The molecule has 4 heterocycles. The summed E-state index contributed by atoms with van der Waals surface area (Å²) in [6.07, 6.45) is 0. The monoisotopic (exact) mass is 495 g/mol. The van der Waals surface area contributed by atoms with Gasteiger partial charge in [-0.2, -0.15) is 4.31 Å². The Labute approximate surface area is 194 Å². The SMILES string of the molecule is CN1Cc2nc(C(=O)N3CCN(S(=O)(=O)c4cc5ccc(Cl)cc5s4)CC3)oc2CN1C. The Morgan fingerprint density at radius 2 is 1.81 bits per heavy atom. The number of rotatable bonds is 3. The maximum Gasteiger partial charge on any atom is 0.309 e. The van der Waals surface area contributed by atoms with Crippen LogP contribution in [0.4, 0.5) is 0 Å². The molecule has 170 valence electrons. The first-order valence-corrected chi connectivity index (χ1v) is 12.7. The largest absolute Gasteiger partial charge is 0.436 e. The average Bonchev–Trinajstić information content (AvgIpc) is 3.37. The second-order valence-electron chi connectivity index (χ2n) is 7.96. The molecule has 2 aliphatic rings. The molecule has 1 amide bonds. The number of benzene rings is 1. The van der Waals surface area contributed by atoms with E-state index >= 15 is 0 Å². The van der Waals surface area contributed by atoms with Gasteiger partial charge in [-0.3, -0.25) is 4.79 Å². The quantitative estimate of drug-likeness (QED) is 0.551. The Hall–Kier alpha value is -2.02. The number of carbonyl (C=O) groups excluding carboxylic acids is 1. The highest BCUT2D eigenvalue weighted by molar-refractivity contribution is 7.91. The van der Waals surface area contributed by atoms with Gasteiger partial charge in [-0.25, -0.2) is 23.4 Å². The minimum atomic E-state index is -3.64. The first-order chi connectivity index (χ1) is 15.2. The lowest BCUT2D eigenvalue weighted by Crippen LogP contribution is -2.50. The molecule has 0 saturated carbocycles. The van der Waals surface area contributed by atoms with Crippen LogP contribution >= 0.6 is 22.9 Å². The Kier molecular flexibility index (Phi) is 5.51. The molecule has 0 spiro atoms. The zero-order chi connectivity index (χ0) is 22.6. The van der Waals surface area contributed by atoms with Gasteiger partial charge in [0.05, 0.1) is 18.8 Å². The fraction of sp³-hybridized carbons (Fsp3) is 0.400. The number of carbonyl (C=O) groups is 1. The number of hydrogen-bond acceptors (Lipinski definition) is 8. The standard InChI is InChI=1S/C20H22ClN5O4S2/c1-23-11-15-16(12-24(23)2)30-19(22-15)20(27)25-5-7-26(8-6-25)32(28,29)18-9-13-3-4-14(21)10-17(13)31-18/h3-4,9-10H,5-8,11-12H2,1-2H3. The van der Waals surface area contributed by atoms with Gasteiger partial charge in [0.25, 0.3) is 15.9 Å². The van der Waals surface area contributed by atoms with Crippen LogP contribution < -0.4 is 0 Å². The van der Waals surface area contributed by atoms with Crippen molar-refractivity contribution < 1.29 is 17.6 Å². The molecule has 1 fully saturated rings. The van der Waals surface area contributed by atoms with Crippen LogP contribution in [-0.2, 0) is 23.1 Å². The third-order valence-corrected chi connectivity index (χ3v) is 9.56. The summed E-state index contributed by atoms with van der Waals surface area (Å²) in [5.41, 5.74) is 0.764. The number of oxazole rings is 1. The number of halogens is 1. The van der Waals surface area contributed by atoms with Gasteiger partial charge in [0.2, 0.25) is 0 Å². The lowest BCUT2D eigenvalue weighted by atomic mass is 10.3. The molecule has 2 aliphatic heterocycles. The normalized spacial score (nSPS) is 18.9. The molecule has 1 aromatic carbocycles. The number of amides is 1.